The number of carbonyl (C=O) groups excluding carboxylic acids is 2. The summed E-state index contributed by atoms with van der Waals surface area (Å²) in [6, 6.07) is 17.4. The molecule has 3 N–H and O–H groups in total. The van der Waals surface area contributed by atoms with Crippen LogP contribution < -0.4 is 20.5 Å². The van der Waals surface area contributed by atoms with Crippen molar-refractivity contribution in [3.8, 4) is 11.5 Å². The Balaban J connectivity index is 1.65. The third-order valence-corrected chi connectivity index (χ3v) is 10.9. The van der Waals surface area contributed by atoms with Crippen molar-refractivity contribution < 1.29 is 32.2 Å². The van der Waals surface area contributed by atoms with Gasteiger partial charge in [-0.1, -0.05) is 24.3 Å². The summed E-state index contributed by atoms with van der Waals surface area (Å²) in [5, 5.41) is 4.31. The highest BCUT2D eigenvalue weighted by Gasteiger charge is 2.46. The summed E-state index contributed by atoms with van der Waals surface area (Å²) in [5.74, 6) is -0.251. The van der Waals surface area contributed by atoms with Crippen LogP contribution in [0.4, 0.5) is 11.5 Å². The second-order valence-corrected chi connectivity index (χ2v) is 15.0. The summed E-state index contributed by atoms with van der Waals surface area (Å²) in [6.07, 6.45) is 1.80. The zero-order chi connectivity index (χ0) is 35.5. The first kappa shape index (κ1) is 35.5. The van der Waals surface area contributed by atoms with Crippen LogP contribution in [0.3, 0.4) is 0 Å². The molecule has 0 saturated carbocycles. The first-order valence-electron chi connectivity index (χ1n) is 16.4. The number of nitrogen functional groups attached to an aromatic ring is 1. The molecule has 49 heavy (non-hydrogen) atoms. The number of nitrogens with zero attached hydrogens (tertiary/aromatic N) is 2. The summed E-state index contributed by atoms with van der Waals surface area (Å²) >= 11 is 0. The Morgan fingerprint density at radius 3 is 2.47 bits per heavy atom. The van der Waals surface area contributed by atoms with Crippen molar-refractivity contribution in [3.63, 3.8) is 0 Å². The van der Waals surface area contributed by atoms with E-state index in [0.29, 0.717) is 47.2 Å². The number of methoxy groups -OCH3 is 1. The lowest BCUT2D eigenvalue weighted by Crippen LogP contribution is -2.40. The first-order chi connectivity index (χ1) is 23.4. The number of amides is 1. The number of ether oxygens (including phenoxy) is 3. The minimum absolute atomic E-state index is 0.0858. The number of aromatic nitrogens is 1. The van der Waals surface area contributed by atoms with Crippen molar-refractivity contribution in [2.75, 3.05) is 31.3 Å². The normalized spacial score (nSPS) is 16.9. The Labute approximate surface area is 287 Å². The number of carbonyl (C=O) groups is 2. The molecule has 3 aromatic carbocycles. The number of hydrogen-bond acceptors (Lipinski definition) is 10. The molecule has 1 fully saturated rings. The zero-order valence-electron chi connectivity index (χ0n) is 28.7. The lowest BCUT2D eigenvalue weighted by atomic mass is 9.93. The van der Waals surface area contributed by atoms with Gasteiger partial charge in [-0.15, -0.1) is 0 Å². The van der Waals surface area contributed by atoms with Crippen LogP contribution in [0.1, 0.15) is 64.3 Å². The Hall–Kier alpha value is -4.84. The minimum atomic E-state index is -3.77. The van der Waals surface area contributed by atoms with E-state index in [2.05, 4.69) is 10.3 Å². The number of fused-ring (bicyclic) bond motifs is 1. The minimum Gasteiger partial charge on any atom is -0.490 e. The predicted molar refractivity (Wildman–Crippen MR) is 189 cm³/mol. The van der Waals surface area contributed by atoms with E-state index in [-0.39, 0.29) is 23.5 Å². The van der Waals surface area contributed by atoms with Crippen molar-refractivity contribution in [1.29, 1.82) is 0 Å². The number of nitrogens with two attached hydrogens (primary N) is 1. The smallest absolute Gasteiger partial charge is 0.311 e. The van der Waals surface area contributed by atoms with Gasteiger partial charge in [-0.25, -0.2) is 13.4 Å². The molecular formula is C37H44N4O7S. The third-order valence-electron chi connectivity index (χ3n) is 8.67. The first-order valence-corrected chi connectivity index (χ1v) is 18.0. The molecule has 1 aliphatic rings. The van der Waals surface area contributed by atoms with Gasteiger partial charge in [-0.3, -0.25) is 9.59 Å². The van der Waals surface area contributed by atoms with Crippen molar-refractivity contribution >= 4 is 44.0 Å². The fourth-order valence-corrected chi connectivity index (χ4v) is 7.59. The maximum atomic E-state index is 15.0. The zero-order valence-corrected chi connectivity index (χ0v) is 29.5. The highest BCUT2D eigenvalue weighted by molar-refractivity contribution is 7.92. The van der Waals surface area contributed by atoms with E-state index in [9.17, 15) is 18.0 Å². The summed E-state index contributed by atoms with van der Waals surface area (Å²) in [5.41, 5.74) is 7.71. The second-order valence-electron chi connectivity index (χ2n) is 12.5. The molecule has 1 aliphatic heterocycles. The van der Waals surface area contributed by atoms with E-state index in [0.717, 1.165) is 10.8 Å². The average molecular weight is 689 g/mol. The van der Waals surface area contributed by atoms with Gasteiger partial charge in [0.05, 0.1) is 41.9 Å². The predicted octanol–water partition coefficient (Wildman–Crippen LogP) is 6.10. The number of hydrogen-bond donors (Lipinski definition) is 2. The highest BCUT2D eigenvalue weighted by Crippen LogP contribution is 2.43. The number of anilines is 2. The quantitative estimate of drug-likeness (QED) is 0.167. The third kappa shape index (κ3) is 7.29. The SMILES string of the molecule is CCOc1cc(C(Nc2ccc3c(N)nccc3c2)C(=O)N2CCC(C(=O)OC)C2c2ccccc2S(=O)(=O)C(C)C)ccc1OC(C)C. The molecule has 4 aromatic rings. The van der Waals surface area contributed by atoms with Crippen molar-refractivity contribution in [2.24, 2.45) is 5.92 Å². The van der Waals surface area contributed by atoms with Gasteiger partial charge in [0.25, 0.3) is 0 Å². The molecule has 260 valence electrons. The van der Waals surface area contributed by atoms with Crippen LogP contribution in [-0.4, -0.2) is 61.8 Å². The molecule has 11 nitrogen and oxygen atoms in total. The molecule has 5 rings (SSSR count). The number of nitrogens with one attached hydrogen (secondary N) is 1. The number of esters is 1. The fourth-order valence-electron chi connectivity index (χ4n) is 6.30. The van der Waals surface area contributed by atoms with Gasteiger partial charge >= 0.3 is 5.97 Å². The Morgan fingerprint density at radius 1 is 1.02 bits per heavy atom. The number of likely N-dealkylation sites (tertiary alicyclic amines) is 1. The monoisotopic (exact) mass is 688 g/mol. The largest absolute Gasteiger partial charge is 0.490 e. The summed E-state index contributed by atoms with van der Waals surface area (Å²) in [6.45, 7) is 9.50. The molecule has 3 atom stereocenters. The molecule has 12 heteroatoms. The maximum Gasteiger partial charge on any atom is 0.311 e. The van der Waals surface area contributed by atoms with Gasteiger partial charge in [0.2, 0.25) is 5.91 Å². The molecule has 0 bridgehead atoms. The number of sulfone groups is 1. The van der Waals surface area contributed by atoms with Crippen molar-refractivity contribution in [2.45, 2.75) is 69.4 Å². The van der Waals surface area contributed by atoms with Gasteiger partial charge in [-0.2, -0.15) is 0 Å². The molecular weight excluding hydrogens is 644 g/mol. The molecule has 2 heterocycles. The highest BCUT2D eigenvalue weighted by atomic mass is 32.2. The Kier molecular flexibility index (Phi) is 10.7. The molecule has 1 amide bonds. The van der Waals surface area contributed by atoms with Crippen molar-refractivity contribution in [1.82, 2.24) is 9.88 Å². The van der Waals surface area contributed by atoms with E-state index < -0.39 is 39.1 Å². The number of benzene rings is 3. The van der Waals surface area contributed by atoms with E-state index in [1.165, 1.54) is 13.2 Å². The Bertz CT molecular complexity index is 1950. The van der Waals surface area contributed by atoms with E-state index in [1.54, 1.807) is 61.3 Å². The second kappa shape index (κ2) is 14.7. The van der Waals surface area contributed by atoms with Crippen LogP contribution >= 0.6 is 0 Å². The fraction of sp³-hybridized carbons (Fsp3) is 0.378. The molecule has 1 aromatic heterocycles. The molecule has 0 spiro atoms. The summed E-state index contributed by atoms with van der Waals surface area (Å²) in [4.78, 5) is 34.1. The molecule has 0 aliphatic carbocycles. The van der Waals surface area contributed by atoms with E-state index >= 15 is 0 Å². The summed E-state index contributed by atoms with van der Waals surface area (Å²) in [7, 11) is -2.48. The van der Waals surface area contributed by atoms with Gasteiger partial charge in [0.15, 0.2) is 21.3 Å². The standard InChI is InChI=1S/C37H44N4O7S/c1-7-47-31-21-25(12-15-30(31)48-22(2)3)33(40-26-13-14-27-24(20-26)16-18-39-35(27)38)36(42)41-19-17-29(37(43)46-6)34(41)28-10-8-9-11-32(28)49(44,45)23(4)5/h8-16,18,20-23,29,33-34,40H,7,17,19H2,1-6H3,(H2,38,39). The van der Waals surface area contributed by atoms with E-state index in [4.69, 9.17) is 19.9 Å². The van der Waals surface area contributed by atoms with Crippen LogP contribution in [0.5, 0.6) is 11.5 Å². The number of rotatable bonds is 12. The lowest BCUT2D eigenvalue weighted by molar-refractivity contribution is -0.147. The van der Waals surface area contributed by atoms with Gasteiger partial charge in [0, 0.05) is 23.8 Å². The maximum absolute atomic E-state index is 15.0. The van der Waals surface area contributed by atoms with Crippen LogP contribution in [0.15, 0.2) is 77.8 Å². The molecule has 3 unspecified atom stereocenters. The van der Waals surface area contributed by atoms with E-state index in [1.807, 2.05) is 45.0 Å². The number of pyridine rings is 1. The lowest BCUT2D eigenvalue weighted by Gasteiger charge is -2.33. The molecule has 0 radical (unpaired) electrons. The average Bonchev–Trinajstić information content (AvgIpc) is 3.52. The van der Waals surface area contributed by atoms with Crippen molar-refractivity contribution in [3.05, 3.63) is 84.1 Å². The van der Waals surface area contributed by atoms with Gasteiger partial charge in [-0.05, 0) is 100 Å². The van der Waals surface area contributed by atoms with Gasteiger partial charge in [0.1, 0.15) is 11.9 Å². The van der Waals surface area contributed by atoms with Crippen LogP contribution in [-0.2, 0) is 24.2 Å². The van der Waals surface area contributed by atoms with Crippen LogP contribution in [0.2, 0.25) is 0 Å². The van der Waals surface area contributed by atoms with Crippen LogP contribution in [0, 0.1) is 5.92 Å². The topological polar surface area (TPSA) is 150 Å². The molecule has 1 saturated heterocycles. The summed E-state index contributed by atoms with van der Waals surface area (Å²) < 4.78 is 44.3. The Morgan fingerprint density at radius 2 is 1.78 bits per heavy atom. The van der Waals surface area contributed by atoms with Crippen LogP contribution in [0.25, 0.3) is 10.8 Å². The van der Waals surface area contributed by atoms with Gasteiger partial charge < -0.3 is 30.2 Å².